The highest BCUT2D eigenvalue weighted by Gasteiger charge is 2.22. The zero-order valence-electron chi connectivity index (χ0n) is 7.05. The molecule has 1 heterocycles. The Labute approximate surface area is 74.7 Å². The van der Waals surface area contributed by atoms with Gasteiger partial charge >= 0.3 is 5.97 Å². The summed E-state index contributed by atoms with van der Waals surface area (Å²) in [6, 6.07) is 0. The van der Waals surface area contributed by atoms with Crippen molar-refractivity contribution in [2.45, 2.75) is 5.03 Å². The molecule has 0 saturated heterocycles. The van der Waals surface area contributed by atoms with E-state index in [0.717, 1.165) is 17.1 Å². The van der Waals surface area contributed by atoms with E-state index in [9.17, 15) is 13.2 Å². The Hall–Kier alpha value is -1.37. The minimum Gasteiger partial charge on any atom is -0.478 e. The summed E-state index contributed by atoms with van der Waals surface area (Å²) in [5.74, 6) is -1.30. The van der Waals surface area contributed by atoms with Crippen LogP contribution in [0.15, 0.2) is 11.2 Å². The van der Waals surface area contributed by atoms with Crippen LogP contribution in [-0.4, -0.2) is 35.5 Å². The van der Waals surface area contributed by atoms with E-state index < -0.39 is 15.8 Å². The van der Waals surface area contributed by atoms with Crippen molar-refractivity contribution in [3.63, 3.8) is 0 Å². The summed E-state index contributed by atoms with van der Waals surface area (Å²) in [6.07, 6.45) is 1.95. The second-order valence-electron chi connectivity index (χ2n) is 2.56. The summed E-state index contributed by atoms with van der Waals surface area (Å²) >= 11 is 0. The van der Waals surface area contributed by atoms with E-state index in [1.165, 1.54) is 7.05 Å². The fraction of sp³-hybridized carbons (Fsp3) is 0.333. The standard InChI is InChI=1S/C6H8N2O4S/c1-8-5(13(2,11)12)4(3-7-8)6(9)10/h3H,1-2H3,(H,9,10). The maximum atomic E-state index is 11.1. The van der Waals surface area contributed by atoms with Gasteiger partial charge in [-0.05, 0) is 0 Å². The summed E-state index contributed by atoms with van der Waals surface area (Å²) in [5, 5.41) is 11.9. The lowest BCUT2D eigenvalue weighted by Crippen LogP contribution is -2.10. The van der Waals surface area contributed by atoms with Gasteiger partial charge in [0.2, 0.25) is 0 Å². The Morgan fingerprint density at radius 1 is 1.62 bits per heavy atom. The predicted octanol–water partition coefficient (Wildman–Crippen LogP) is -0.478. The molecule has 7 heteroatoms. The Morgan fingerprint density at radius 2 is 2.15 bits per heavy atom. The topological polar surface area (TPSA) is 89.3 Å². The Kier molecular flexibility index (Phi) is 2.12. The molecule has 0 aliphatic heterocycles. The molecule has 6 nitrogen and oxygen atoms in total. The summed E-state index contributed by atoms with van der Waals surface area (Å²) in [7, 11) is -2.17. The number of hydrogen-bond donors (Lipinski definition) is 1. The molecule has 1 aromatic heterocycles. The van der Waals surface area contributed by atoms with E-state index in [2.05, 4.69) is 5.10 Å². The van der Waals surface area contributed by atoms with Gasteiger partial charge in [0, 0.05) is 13.3 Å². The first-order valence-electron chi connectivity index (χ1n) is 3.29. The molecule has 0 fully saturated rings. The predicted molar refractivity (Wildman–Crippen MR) is 43.3 cm³/mol. The Bertz CT molecular complexity index is 445. The molecule has 1 rings (SSSR count). The highest BCUT2D eigenvalue weighted by molar-refractivity contribution is 7.90. The van der Waals surface area contributed by atoms with E-state index in [0.29, 0.717) is 0 Å². The number of rotatable bonds is 2. The lowest BCUT2D eigenvalue weighted by atomic mass is 10.4. The van der Waals surface area contributed by atoms with Crippen molar-refractivity contribution in [1.29, 1.82) is 0 Å². The van der Waals surface area contributed by atoms with E-state index in [-0.39, 0.29) is 10.6 Å². The second-order valence-corrected chi connectivity index (χ2v) is 4.50. The Morgan fingerprint density at radius 3 is 2.46 bits per heavy atom. The van der Waals surface area contributed by atoms with Gasteiger partial charge in [0.05, 0.1) is 6.20 Å². The molecule has 0 amide bonds. The van der Waals surface area contributed by atoms with Crippen molar-refractivity contribution in [2.75, 3.05) is 6.26 Å². The van der Waals surface area contributed by atoms with Crippen molar-refractivity contribution in [2.24, 2.45) is 7.05 Å². The van der Waals surface area contributed by atoms with Crippen LogP contribution in [0.3, 0.4) is 0 Å². The molecule has 0 atom stereocenters. The molecule has 13 heavy (non-hydrogen) atoms. The molecule has 0 saturated carbocycles. The quantitative estimate of drug-likeness (QED) is 0.702. The van der Waals surface area contributed by atoms with Crippen LogP contribution in [0.2, 0.25) is 0 Å². The summed E-state index contributed by atoms with van der Waals surface area (Å²) in [6.45, 7) is 0. The van der Waals surface area contributed by atoms with Crippen molar-refractivity contribution < 1.29 is 18.3 Å². The zero-order valence-corrected chi connectivity index (χ0v) is 7.87. The molecule has 0 aliphatic carbocycles. The maximum absolute atomic E-state index is 11.1. The van der Waals surface area contributed by atoms with Gasteiger partial charge in [-0.2, -0.15) is 5.10 Å². The fourth-order valence-corrected chi connectivity index (χ4v) is 2.08. The molecule has 0 radical (unpaired) electrons. The minimum absolute atomic E-state index is 0.278. The molecule has 0 aromatic carbocycles. The number of aryl methyl sites for hydroxylation is 1. The van der Waals surface area contributed by atoms with Crippen LogP contribution in [0.5, 0.6) is 0 Å². The maximum Gasteiger partial charge on any atom is 0.340 e. The van der Waals surface area contributed by atoms with Gasteiger partial charge in [-0.3, -0.25) is 4.68 Å². The second kappa shape index (κ2) is 2.84. The largest absolute Gasteiger partial charge is 0.478 e. The van der Waals surface area contributed by atoms with Gasteiger partial charge in [-0.25, -0.2) is 13.2 Å². The van der Waals surface area contributed by atoms with E-state index >= 15 is 0 Å². The first kappa shape index (κ1) is 9.72. The van der Waals surface area contributed by atoms with E-state index in [1.54, 1.807) is 0 Å². The third kappa shape index (κ3) is 1.69. The first-order valence-corrected chi connectivity index (χ1v) is 5.18. The zero-order chi connectivity index (χ0) is 10.2. The lowest BCUT2D eigenvalue weighted by molar-refractivity contribution is 0.0692. The van der Waals surface area contributed by atoms with Crippen LogP contribution in [0.4, 0.5) is 0 Å². The highest BCUT2D eigenvalue weighted by atomic mass is 32.2. The van der Waals surface area contributed by atoms with Crippen LogP contribution in [0.1, 0.15) is 10.4 Å². The summed E-state index contributed by atoms with van der Waals surface area (Å²) in [5.41, 5.74) is -0.301. The number of aromatic nitrogens is 2. The van der Waals surface area contributed by atoms with E-state index in [4.69, 9.17) is 5.11 Å². The number of sulfone groups is 1. The number of carbonyl (C=O) groups is 1. The number of nitrogens with zero attached hydrogens (tertiary/aromatic N) is 2. The fourth-order valence-electron chi connectivity index (χ4n) is 1.01. The molecule has 0 bridgehead atoms. The molecule has 0 aliphatic rings. The molecule has 1 aromatic rings. The average molecular weight is 204 g/mol. The molecular formula is C6H8N2O4S. The van der Waals surface area contributed by atoms with Gasteiger partial charge in [0.25, 0.3) is 0 Å². The average Bonchev–Trinajstić information content (AvgIpc) is 2.28. The third-order valence-electron chi connectivity index (χ3n) is 1.47. The number of carboxylic acids is 1. The van der Waals surface area contributed by atoms with Gasteiger partial charge in [-0.1, -0.05) is 0 Å². The van der Waals surface area contributed by atoms with E-state index in [1.807, 2.05) is 0 Å². The Balaban J connectivity index is 3.51. The number of hydrogen-bond acceptors (Lipinski definition) is 4. The smallest absolute Gasteiger partial charge is 0.340 e. The van der Waals surface area contributed by atoms with Gasteiger partial charge in [-0.15, -0.1) is 0 Å². The van der Waals surface area contributed by atoms with Gasteiger partial charge in [0.15, 0.2) is 14.9 Å². The number of carboxylic acid groups (broad SMARTS) is 1. The molecular weight excluding hydrogens is 196 g/mol. The van der Waals surface area contributed by atoms with Crippen molar-refractivity contribution in [1.82, 2.24) is 9.78 Å². The monoisotopic (exact) mass is 204 g/mol. The van der Waals surface area contributed by atoms with Gasteiger partial charge in [0.1, 0.15) is 5.56 Å². The van der Waals surface area contributed by atoms with Crippen LogP contribution in [0.25, 0.3) is 0 Å². The van der Waals surface area contributed by atoms with Gasteiger partial charge < -0.3 is 5.11 Å². The van der Waals surface area contributed by atoms with Crippen molar-refractivity contribution in [3.05, 3.63) is 11.8 Å². The van der Waals surface area contributed by atoms with Crippen LogP contribution >= 0.6 is 0 Å². The highest BCUT2D eigenvalue weighted by Crippen LogP contribution is 2.13. The minimum atomic E-state index is -3.55. The van der Waals surface area contributed by atoms with Crippen LogP contribution in [-0.2, 0) is 16.9 Å². The van der Waals surface area contributed by atoms with Crippen molar-refractivity contribution in [3.8, 4) is 0 Å². The normalized spacial score (nSPS) is 11.5. The molecule has 0 unspecified atom stereocenters. The van der Waals surface area contributed by atoms with Crippen molar-refractivity contribution >= 4 is 15.8 Å². The molecule has 1 N–H and O–H groups in total. The van der Waals surface area contributed by atoms with Crippen LogP contribution in [0, 0.1) is 0 Å². The lowest BCUT2D eigenvalue weighted by Gasteiger charge is -1.99. The number of aromatic carboxylic acids is 1. The molecule has 72 valence electrons. The third-order valence-corrected chi connectivity index (χ3v) is 2.65. The SMILES string of the molecule is Cn1ncc(C(=O)O)c1S(C)(=O)=O. The first-order chi connectivity index (χ1) is 5.84. The van der Waals surface area contributed by atoms with Crippen LogP contribution < -0.4 is 0 Å². The summed E-state index contributed by atoms with van der Waals surface area (Å²) < 4.78 is 23.3. The molecule has 0 spiro atoms. The summed E-state index contributed by atoms with van der Waals surface area (Å²) in [4.78, 5) is 10.6.